The van der Waals surface area contributed by atoms with Gasteiger partial charge >= 0.3 is 5.97 Å². The molecule has 2 rings (SSSR count). The van der Waals surface area contributed by atoms with Crippen molar-refractivity contribution in [3.05, 3.63) is 0 Å². The maximum atomic E-state index is 11.5. The molecule has 0 saturated carbocycles. The van der Waals surface area contributed by atoms with Gasteiger partial charge in [-0.25, -0.2) is 0 Å². The third-order valence-electron chi connectivity index (χ3n) is 3.91. The van der Waals surface area contributed by atoms with Crippen LogP contribution in [0, 0.1) is 0 Å². The first-order valence-corrected chi connectivity index (χ1v) is 5.93. The molecule has 2 aliphatic heterocycles. The van der Waals surface area contributed by atoms with Gasteiger partial charge in [0.1, 0.15) is 5.54 Å². The van der Waals surface area contributed by atoms with E-state index in [0.29, 0.717) is 0 Å². The second-order valence-electron chi connectivity index (χ2n) is 4.59. The molecular weight excluding hydrogens is 192 g/mol. The van der Waals surface area contributed by atoms with Crippen LogP contribution in [0.5, 0.6) is 0 Å². The summed E-state index contributed by atoms with van der Waals surface area (Å²) in [6.45, 7) is 4.97. The molecule has 2 aliphatic rings. The van der Waals surface area contributed by atoms with E-state index < -0.39 is 11.5 Å². The van der Waals surface area contributed by atoms with Crippen LogP contribution in [0.3, 0.4) is 0 Å². The SMILES string of the molecule is CCN1CCCC1C1(C(=O)O)CCCN1. The van der Waals surface area contributed by atoms with E-state index in [1.807, 2.05) is 0 Å². The van der Waals surface area contributed by atoms with Gasteiger partial charge in [-0.1, -0.05) is 6.92 Å². The number of likely N-dealkylation sites (N-methyl/N-ethyl adjacent to an activating group) is 1. The number of rotatable bonds is 3. The minimum absolute atomic E-state index is 0.197. The molecule has 86 valence electrons. The van der Waals surface area contributed by atoms with Crippen molar-refractivity contribution in [2.75, 3.05) is 19.6 Å². The maximum Gasteiger partial charge on any atom is 0.325 e. The number of carboxylic acids is 1. The zero-order chi connectivity index (χ0) is 10.9. The van der Waals surface area contributed by atoms with Crippen LogP contribution in [0.4, 0.5) is 0 Å². The Bertz CT molecular complexity index is 249. The van der Waals surface area contributed by atoms with E-state index in [-0.39, 0.29) is 6.04 Å². The topological polar surface area (TPSA) is 52.6 Å². The van der Waals surface area contributed by atoms with Gasteiger partial charge in [0.15, 0.2) is 0 Å². The molecule has 4 heteroatoms. The molecule has 4 nitrogen and oxygen atoms in total. The predicted molar refractivity (Wildman–Crippen MR) is 57.9 cm³/mol. The minimum atomic E-state index is -0.662. The quantitative estimate of drug-likeness (QED) is 0.722. The summed E-state index contributed by atoms with van der Waals surface area (Å²) in [5, 5.41) is 12.7. The Balaban J connectivity index is 2.20. The monoisotopic (exact) mass is 212 g/mol. The number of hydrogen-bond acceptors (Lipinski definition) is 3. The van der Waals surface area contributed by atoms with E-state index in [0.717, 1.165) is 45.3 Å². The Morgan fingerprint density at radius 2 is 2.40 bits per heavy atom. The third-order valence-corrected chi connectivity index (χ3v) is 3.91. The van der Waals surface area contributed by atoms with E-state index in [1.165, 1.54) is 0 Å². The molecule has 2 heterocycles. The molecular formula is C11H20N2O2. The Hall–Kier alpha value is -0.610. The standard InChI is InChI=1S/C11H20N2O2/c1-2-13-8-3-5-9(13)11(10(14)15)6-4-7-12-11/h9,12H,2-8H2,1H3,(H,14,15). The number of likely N-dealkylation sites (tertiary alicyclic amines) is 1. The zero-order valence-corrected chi connectivity index (χ0v) is 9.33. The molecule has 0 aliphatic carbocycles. The first-order valence-electron chi connectivity index (χ1n) is 5.93. The molecule has 0 aromatic carbocycles. The summed E-state index contributed by atoms with van der Waals surface area (Å²) in [7, 11) is 0. The number of nitrogens with one attached hydrogen (secondary N) is 1. The summed E-state index contributed by atoms with van der Waals surface area (Å²) >= 11 is 0. The van der Waals surface area contributed by atoms with Crippen molar-refractivity contribution in [3.63, 3.8) is 0 Å². The van der Waals surface area contributed by atoms with E-state index in [4.69, 9.17) is 0 Å². The van der Waals surface area contributed by atoms with Gasteiger partial charge in [-0.05, 0) is 45.3 Å². The lowest BCUT2D eigenvalue weighted by molar-refractivity contribution is -0.147. The van der Waals surface area contributed by atoms with E-state index in [1.54, 1.807) is 0 Å². The maximum absolute atomic E-state index is 11.5. The molecule has 0 aromatic rings. The van der Waals surface area contributed by atoms with Gasteiger partial charge in [-0.2, -0.15) is 0 Å². The fourth-order valence-electron chi connectivity index (χ4n) is 3.14. The number of carboxylic acid groups (broad SMARTS) is 1. The lowest BCUT2D eigenvalue weighted by Crippen LogP contribution is -2.60. The highest BCUT2D eigenvalue weighted by Crippen LogP contribution is 2.33. The molecule has 2 N–H and O–H groups in total. The molecule has 0 spiro atoms. The Morgan fingerprint density at radius 3 is 2.93 bits per heavy atom. The zero-order valence-electron chi connectivity index (χ0n) is 9.33. The molecule has 2 saturated heterocycles. The van der Waals surface area contributed by atoms with Crippen molar-refractivity contribution in [1.29, 1.82) is 0 Å². The van der Waals surface area contributed by atoms with Gasteiger partial charge in [0.2, 0.25) is 0 Å². The van der Waals surface area contributed by atoms with Crippen LogP contribution in [0.1, 0.15) is 32.6 Å². The average Bonchev–Trinajstić information content (AvgIpc) is 2.86. The van der Waals surface area contributed by atoms with Crippen molar-refractivity contribution in [1.82, 2.24) is 10.2 Å². The van der Waals surface area contributed by atoms with Crippen molar-refractivity contribution in [3.8, 4) is 0 Å². The highest BCUT2D eigenvalue weighted by Gasteiger charge is 2.50. The number of hydrogen-bond donors (Lipinski definition) is 2. The Morgan fingerprint density at radius 1 is 1.60 bits per heavy atom. The van der Waals surface area contributed by atoms with E-state index in [9.17, 15) is 9.90 Å². The molecule has 2 atom stereocenters. The Labute approximate surface area is 90.6 Å². The van der Waals surface area contributed by atoms with Gasteiger partial charge < -0.3 is 10.4 Å². The number of aliphatic carboxylic acids is 1. The largest absolute Gasteiger partial charge is 0.480 e. The number of carbonyl (C=O) groups is 1. The number of nitrogens with zero attached hydrogens (tertiary/aromatic N) is 1. The Kier molecular flexibility index (Phi) is 2.98. The van der Waals surface area contributed by atoms with Gasteiger partial charge in [-0.15, -0.1) is 0 Å². The lowest BCUT2D eigenvalue weighted by Gasteiger charge is -2.36. The molecule has 0 radical (unpaired) electrons. The fourth-order valence-corrected chi connectivity index (χ4v) is 3.14. The summed E-state index contributed by atoms with van der Waals surface area (Å²) in [5.41, 5.74) is -0.660. The van der Waals surface area contributed by atoms with Crippen LogP contribution >= 0.6 is 0 Å². The lowest BCUT2D eigenvalue weighted by atomic mass is 9.86. The summed E-state index contributed by atoms with van der Waals surface area (Å²) in [6.07, 6.45) is 3.92. The van der Waals surface area contributed by atoms with Gasteiger partial charge in [0.25, 0.3) is 0 Å². The van der Waals surface area contributed by atoms with Crippen LogP contribution in [-0.2, 0) is 4.79 Å². The van der Waals surface area contributed by atoms with E-state index in [2.05, 4.69) is 17.1 Å². The van der Waals surface area contributed by atoms with Gasteiger partial charge in [-0.3, -0.25) is 9.69 Å². The predicted octanol–water partition coefficient (Wildman–Crippen LogP) is 0.677. The van der Waals surface area contributed by atoms with Gasteiger partial charge in [0.05, 0.1) is 0 Å². The second kappa shape index (κ2) is 4.10. The van der Waals surface area contributed by atoms with Gasteiger partial charge in [0, 0.05) is 6.04 Å². The summed E-state index contributed by atoms with van der Waals surface area (Å²) in [5.74, 6) is -0.662. The first-order chi connectivity index (χ1) is 7.20. The molecule has 0 amide bonds. The molecule has 0 aromatic heterocycles. The average molecular weight is 212 g/mol. The van der Waals surface area contributed by atoms with Crippen molar-refractivity contribution >= 4 is 5.97 Å². The van der Waals surface area contributed by atoms with Crippen molar-refractivity contribution in [2.45, 2.75) is 44.2 Å². The minimum Gasteiger partial charge on any atom is -0.480 e. The smallest absolute Gasteiger partial charge is 0.325 e. The second-order valence-corrected chi connectivity index (χ2v) is 4.59. The highest BCUT2D eigenvalue weighted by atomic mass is 16.4. The highest BCUT2D eigenvalue weighted by molar-refractivity contribution is 5.80. The van der Waals surface area contributed by atoms with Crippen molar-refractivity contribution in [2.24, 2.45) is 0 Å². The first kappa shape index (κ1) is 10.9. The van der Waals surface area contributed by atoms with Crippen LogP contribution in [0.15, 0.2) is 0 Å². The third kappa shape index (κ3) is 1.66. The summed E-state index contributed by atoms with van der Waals surface area (Å²) < 4.78 is 0. The van der Waals surface area contributed by atoms with Crippen LogP contribution < -0.4 is 5.32 Å². The van der Waals surface area contributed by atoms with Crippen molar-refractivity contribution < 1.29 is 9.90 Å². The molecule has 2 fully saturated rings. The van der Waals surface area contributed by atoms with Crippen LogP contribution in [0.2, 0.25) is 0 Å². The molecule has 0 bridgehead atoms. The van der Waals surface area contributed by atoms with Crippen LogP contribution in [0.25, 0.3) is 0 Å². The summed E-state index contributed by atoms with van der Waals surface area (Å²) in [6, 6.07) is 0.197. The molecule has 15 heavy (non-hydrogen) atoms. The van der Waals surface area contributed by atoms with E-state index >= 15 is 0 Å². The molecule has 2 unspecified atom stereocenters. The van der Waals surface area contributed by atoms with Crippen LogP contribution in [-0.4, -0.2) is 47.2 Å². The normalized spacial score (nSPS) is 37.3. The fraction of sp³-hybridized carbons (Fsp3) is 0.909. The summed E-state index contributed by atoms with van der Waals surface area (Å²) in [4.78, 5) is 13.8.